The van der Waals surface area contributed by atoms with Gasteiger partial charge in [-0.3, -0.25) is 0 Å². The third-order valence-electron chi connectivity index (χ3n) is 6.48. The molecule has 2 aromatic heterocycles. The van der Waals surface area contributed by atoms with Crippen molar-refractivity contribution in [2.75, 3.05) is 0 Å². The molecule has 0 atom stereocenters. The molecule has 0 spiro atoms. The van der Waals surface area contributed by atoms with Gasteiger partial charge in [0, 0.05) is 26.0 Å². The second-order valence-electron chi connectivity index (χ2n) is 8.32. The average Bonchev–Trinajstić information content (AvgIpc) is 3.40. The molecule has 0 bridgehead atoms. The summed E-state index contributed by atoms with van der Waals surface area (Å²) >= 11 is 3.73. The van der Waals surface area contributed by atoms with Gasteiger partial charge in [0.25, 0.3) is 0 Å². The SMILES string of the molecule is Brc1ccccc1-c1ccc2c3ccccc3n(-c3cccc4c3oc3ccccc34)c2c1. The highest BCUT2D eigenvalue weighted by Gasteiger charge is 2.18. The van der Waals surface area contributed by atoms with Crippen molar-refractivity contribution in [2.24, 2.45) is 0 Å². The van der Waals surface area contributed by atoms with Crippen LogP contribution in [0.4, 0.5) is 0 Å². The van der Waals surface area contributed by atoms with Gasteiger partial charge in [0.2, 0.25) is 0 Å². The number of rotatable bonds is 2. The Kier molecular flexibility index (Phi) is 4.02. The Morgan fingerprint density at radius 1 is 0.576 bits per heavy atom. The van der Waals surface area contributed by atoms with Gasteiger partial charge in [-0.1, -0.05) is 94.8 Å². The molecule has 3 heteroatoms. The van der Waals surface area contributed by atoms with Gasteiger partial charge in [-0.25, -0.2) is 0 Å². The maximum Gasteiger partial charge on any atom is 0.159 e. The molecule has 2 heterocycles. The van der Waals surface area contributed by atoms with Crippen LogP contribution < -0.4 is 0 Å². The molecular weight excluding hydrogens is 470 g/mol. The van der Waals surface area contributed by atoms with Crippen molar-refractivity contribution in [1.82, 2.24) is 4.57 Å². The van der Waals surface area contributed by atoms with Crippen molar-refractivity contribution in [3.63, 3.8) is 0 Å². The summed E-state index contributed by atoms with van der Waals surface area (Å²) in [5.41, 5.74) is 7.57. The van der Waals surface area contributed by atoms with E-state index in [1.807, 2.05) is 18.2 Å². The van der Waals surface area contributed by atoms with Crippen LogP contribution in [0.25, 0.3) is 60.6 Å². The summed E-state index contributed by atoms with van der Waals surface area (Å²) in [6, 6.07) is 38.4. The quantitative estimate of drug-likeness (QED) is 0.237. The van der Waals surface area contributed by atoms with Crippen molar-refractivity contribution in [3.8, 4) is 16.8 Å². The third kappa shape index (κ3) is 2.73. The summed E-state index contributed by atoms with van der Waals surface area (Å²) in [5.74, 6) is 0. The summed E-state index contributed by atoms with van der Waals surface area (Å²) in [7, 11) is 0. The number of hydrogen-bond donors (Lipinski definition) is 0. The number of aromatic nitrogens is 1. The standard InChI is InChI=1S/C30H18BrNO/c31-25-12-4-1-8-20(25)19-16-17-22-21-9-2-5-13-26(21)32(28(22)18-19)27-14-7-11-24-23-10-3-6-15-29(23)33-30(24)27/h1-18H. The van der Waals surface area contributed by atoms with Crippen LogP contribution in [-0.2, 0) is 0 Å². The molecule has 7 aromatic rings. The Morgan fingerprint density at radius 3 is 2.21 bits per heavy atom. The van der Waals surface area contributed by atoms with Gasteiger partial charge in [-0.2, -0.15) is 0 Å². The van der Waals surface area contributed by atoms with Crippen molar-refractivity contribution in [1.29, 1.82) is 0 Å². The fourth-order valence-electron chi connectivity index (χ4n) is 5.00. The Labute approximate surface area is 198 Å². The fourth-order valence-corrected chi connectivity index (χ4v) is 5.52. The lowest BCUT2D eigenvalue weighted by Crippen LogP contribution is -1.94. The van der Waals surface area contributed by atoms with Crippen LogP contribution >= 0.6 is 15.9 Å². The molecule has 0 saturated carbocycles. The summed E-state index contributed by atoms with van der Waals surface area (Å²) in [6.07, 6.45) is 0. The van der Waals surface area contributed by atoms with Crippen molar-refractivity contribution in [3.05, 3.63) is 114 Å². The summed E-state index contributed by atoms with van der Waals surface area (Å²) in [5, 5.41) is 4.74. The van der Waals surface area contributed by atoms with E-state index >= 15 is 0 Å². The highest BCUT2D eigenvalue weighted by Crippen LogP contribution is 2.39. The summed E-state index contributed by atoms with van der Waals surface area (Å²) in [6.45, 7) is 0. The van der Waals surface area contributed by atoms with Crippen LogP contribution in [0, 0.1) is 0 Å². The van der Waals surface area contributed by atoms with E-state index in [2.05, 4.69) is 111 Å². The van der Waals surface area contributed by atoms with Crippen LogP contribution in [0.2, 0.25) is 0 Å². The van der Waals surface area contributed by atoms with Crippen LogP contribution in [0.1, 0.15) is 0 Å². The third-order valence-corrected chi connectivity index (χ3v) is 7.17. The first-order chi connectivity index (χ1) is 16.3. The Balaban J connectivity index is 1.62. The minimum atomic E-state index is 0.910. The van der Waals surface area contributed by atoms with Crippen molar-refractivity contribution in [2.45, 2.75) is 0 Å². The molecule has 0 amide bonds. The minimum Gasteiger partial charge on any atom is -0.454 e. The zero-order chi connectivity index (χ0) is 21.9. The van der Waals surface area contributed by atoms with Gasteiger partial charge in [0.05, 0.1) is 16.7 Å². The first kappa shape index (κ1) is 18.7. The van der Waals surface area contributed by atoms with Crippen LogP contribution in [0.5, 0.6) is 0 Å². The summed E-state index contributed by atoms with van der Waals surface area (Å²) < 4.78 is 9.84. The van der Waals surface area contributed by atoms with Gasteiger partial charge >= 0.3 is 0 Å². The van der Waals surface area contributed by atoms with E-state index in [9.17, 15) is 0 Å². The molecule has 0 aliphatic rings. The maximum absolute atomic E-state index is 6.41. The van der Waals surface area contributed by atoms with E-state index in [0.717, 1.165) is 37.6 Å². The zero-order valence-electron chi connectivity index (χ0n) is 17.6. The number of hydrogen-bond acceptors (Lipinski definition) is 1. The minimum absolute atomic E-state index is 0.910. The molecule has 7 rings (SSSR count). The van der Waals surface area contributed by atoms with Gasteiger partial charge in [0.1, 0.15) is 5.58 Å². The second-order valence-corrected chi connectivity index (χ2v) is 9.17. The molecule has 0 radical (unpaired) electrons. The molecule has 0 N–H and O–H groups in total. The normalized spacial score (nSPS) is 11.8. The van der Waals surface area contributed by atoms with E-state index < -0.39 is 0 Å². The fraction of sp³-hybridized carbons (Fsp3) is 0. The molecule has 156 valence electrons. The van der Waals surface area contributed by atoms with Crippen molar-refractivity contribution < 1.29 is 4.42 Å². The molecule has 0 aliphatic heterocycles. The monoisotopic (exact) mass is 487 g/mol. The maximum atomic E-state index is 6.41. The summed E-state index contributed by atoms with van der Waals surface area (Å²) in [4.78, 5) is 0. The van der Waals surface area contributed by atoms with Gasteiger partial charge in [0.15, 0.2) is 5.58 Å². The molecule has 0 saturated heterocycles. The Bertz CT molecular complexity index is 1840. The lowest BCUT2D eigenvalue weighted by Gasteiger charge is -2.10. The molecule has 0 aliphatic carbocycles. The molecule has 0 unspecified atom stereocenters. The first-order valence-electron chi connectivity index (χ1n) is 11.0. The van der Waals surface area contributed by atoms with Crippen LogP contribution in [0.15, 0.2) is 118 Å². The smallest absolute Gasteiger partial charge is 0.159 e. The van der Waals surface area contributed by atoms with Crippen LogP contribution in [-0.4, -0.2) is 4.57 Å². The first-order valence-corrected chi connectivity index (χ1v) is 11.8. The van der Waals surface area contributed by atoms with Crippen molar-refractivity contribution >= 4 is 59.7 Å². The van der Waals surface area contributed by atoms with E-state index in [1.54, 1.807) is 0 Å². The predicted molar refractivity (Wildman–Crippen MR) is 141 cm³/mol. The largest absolute Gasteiger partial charge is 0.454 e. The highest BCUT2D eigenvalue weighted by atomic mass is 79.9. The molecule has 33 heavy (non-hydrogen) atoms. The highest BCUT2D eigenvalue weighted by molar-refractivity contribution is 9.10. The predicted octanol–water partition coefficient (Wildman–Crippen LogP) is 9.11. The Hall–Kier alpha value is -3.82. The van der Waals surface area contributed by atoms with E-state index in [-0.39, 0.29) is 0 Å². The number of halogens is 1. The topological polar surface area (TPSA) is 18.1 Å². The van der Waals surface area contributed by atoms with E-state index in [0.29, 0.717) is 0 Å². The van der Waals surface area contributed by atoms with E-state index in [4.69, 9.17) is 4.42 Å². The second kappa shape index (κ2) is 7.09. The number of furan rings is 1. The number of fused-ring (bicyclic) bond motifs is 6. The number of nitrogens with zero attached hydrogens (tertiary/aromatic N) is 1. The van der Waals surface area contributed by atoms with E-state index in [1.165, 1.54) is 27.4 Å². The lowest BCUT2D eigenvalue weighted by molar-refractivity contribution is 0.666. The molecular formula is C30H18BrNO. The van der Waals surface area contributed by atoms with Gasteiger partial charge in [-0.05, 0) is 41.5 Å². The molecule has 5 aromatic carbocycles. The number of para-hydroxylation sites is 3. The Morgan fingerprint density at radius 2 is 1.30 bits per heavy atom. The number of benzene rings is 5. The van der Waals surface area contributed by atoms with Gasteiger partial charge in [-0.15, -0.1) is 0 Å². The van der Waals surface area contributed by atoms with Gasteiger partial charge < -0.3 is 8.98 Å². The molecule has 0 fully saturated rings. The zero-order valence-corrected chi connectivity index (χ0v) is 19.2. The van der Waals surface area contributed by atoms with Crippen LogP contribution in [0.3, 0.4) is 0 Å². The molecule has 2 nitrogen and oxygen atoms in total. The average molecular weight is 488 g/mol. The lowest BCUT2D eigenvalue weighted by atomic mass is 10.0.